The first-order chi connectivity index (χ1) is 18.6. The average molecular weight is 516 g/mol. The van der Waals surface area contributed by atoms with Crippen molar-refractivity contribution in [3.8, 4) is 22.6 Å². The zero-order valence-corrected chi connectivity index (χ0v) is 21.8. The molecule has 0 aliphatic heterocycles. The lowest BCUT2D eigenvalue weighted by Gasteiger charge is -2.30. The Hall–Kier alpha value is -4.02. The molecule has 0 bridgehead atoms. The predicted octanol–water partition coefficient (Wildman–Crippen LogP) is 8.68. The van der Waals surface area contributed by atoms with Crippen LogP contribution in [0.5, 0.6) is 0 Å². The van der Waals surface area contributed by atoms with Crippen LogP contribution in [0.2, 0.25) is 5.02 Å². The van der Waals surface area contributed by atoms with E-state index in [4.69, 9.17) is 21.1 Å². The summed E-state index contributed by atoms with van der Waals surface area (Å²) in [6.45, 7) is 2.19. The topological polar surface area (TPSA) is 51.8 Å². The zero-order chi connectivity index (χ0) is 25.6. The number of hydrogen-bond donors (Lipinski definition) is 0. The van der Waals surface area contributed by atoms with Gasteiger partial charge in [-0.25, -0.2) is 0 Å². The Kier molecular flexibility index (Phi) is 5.70. The Bertz CT molecular complexity index is 1730. The maximum absolute atomic E-state index is 6.15. The summed E-state index contributed by atoms with van der Waals surface area (Å²) in [6.07, 6.45) is 11.6. The first-order valence-electron chi connectivity index (χ1n) is 13.1. The molecule has 2 atom stereocenters. The van der Waals surface area contributed by atoms with Crippen molar-refractivity contribution in [3.05, 3.63) is 119 Å². The smallest absolute Gasteiger partial charge is 0.257 e. The zero-order valence-electron chi connectivity index (χ0n) is 21.1. The van der Waals surface area contributed by atoms with E-state index in [1.807, 2.05) is 42.7 Å². The van der Waals surface area contributed by atoms with E-state index in [9.17, 15) is 0 Å². The number of nitrogens with zero attached hydrogens (tertiary/aromatic N) is 3. The molecule has 186 valence electrons. The number of aromatic nitrogens is 3. The van der Waals surface area contributed by atoms with Crippen molar-refractivity contribution in [2.75, 3.05) is 0 Å². The maximum atomic E-state index is 6.15. The third kappa shape index (κ3) is 4.06. The highest BCUT2D eigenvalue weighted by Crippen LogP contribution is 2.44. The van der Waals surface area contributed by atoms with Crippen molar-refractivity contribution in [2.24, 2.45) is 5.92 Å². The SMILES string of the molecule is CC(c1noc(-c2cccc(Cl)c2)n1)C1C=CC2=C(CCc3c2ccc2ccc(-c4cccnc4)cc32)C1. The Morgan fingerprint density at radius 1 is 0.947 bits per heavy atom. The fourth-order valence-corrected chi connectivity index (χ4v) is 6.09. The molecule has 0 saturated carbocycles. The molecule has 0 N–H and O–H groups in total. The summed E-state index contributed by atoms with van der Waals surface area (Å²) in [4.78, 5) is 9.02. The third-order valence-electron chi connectivity index (χ3n) is 8.03. The van der Waals surface area contributed by atoms with Crippen LogP contribution in [-0.2, 0) is 6.42 Å². The molecule has 2 unspecified atom stereocenters. The van der Waals surface area contributed by atoms with Crippen LogP contribution < -0.4 is 0 Å². The normalized spacial score (nSPS) is 17.4. The van der Waals surface area contributed by atoms with Gasteiger partial charge in [-0.15, -0.1) is 0 Å². The van der Waals surface area contributed by atoms with Crippen molar-refractivity contribution >= 4 is 27.9 Å². The fraction of sp³-hybridized carbons (Fsp3) is 0.182. The summed E-state index contributed by atoms with van der Waals surface area (Å²) in [6, 6.07) is 23.0. The molecule has 0 fully saturated rings. The Labute approximate surface area is 226 Å². The Morgan fingerprint density at radius 3 is 2.71 bits per heavy atom. The lowest BCUT2D eigenvalue weighted by atomic mass is 9.74. The Balaban J connectivity index is 1.17. The molecule has 0 saturated heterocycles. The quantitative estimate of drug-likeness (QED) is 0.240. The van der Waals surface area contributed by atoms with Gasteiger partial charge in [0, 0.05) is 34.5 Å². The van der Waals surface area contributed by atoms with Crippen molar-refractivity contribution in [1.82, 2.24) is 15.1 Å². The third-order valence-corrected chi connectivity index (χ3v) is 8.27. The molecule has 2 aliphatic carbocycles. The fourth-order valence-electron chi connectivity index (χ4n) is 5.90. The van der Waals surface area contributed by atoms with Crippen LogP contribution in [0.3, 0.4) is 0 Å². The number of aryl methyl sites for hydroxylation is 1. The highest BCUT2D eigenvalue weighted by atomic mass is 35.5. The summed E-state index contributed by atoms with van der Waals surface area (Å²) in [5, 5.41) is 7.62. The van der Waals surface area contributed by atoms with E-state index in [-0.39, 0.29) is 5.92 Å². The second-order valence-corrected chi connectivity index (χ2v) is 10.7. The van der Waals surface area contributed by atoms with E-state index in [0.717, 1.165) is 36.2 Å². The van der Waals surface area contributed by atoms with E-state index >= 15 is 0 Å². The van der Waals surface area contributed by atoms with Crippen molar-refractivity contribution in [1.29, 1.82) is 0 Å². The lowest BCUT2D eigenvalue weighted by Crippen LogP contribution is -2.16. The van der Waals surface area contributed by atoms with Gasteiger partial charge in [0.25, 0.3) is 5.89 Å². The van der Waals surface area contributed by atoms with Crippen LogP contribution in [0.4, 0.5) is 0 Å². The summed E-state index contributed by atoms with van der Waals surface area (Å²) in [5.41, 5.74) is 8.94. The van der Waals surface area contributed by atoms with Gasteiger partial charge in [0.15, 0.2) is 5.82 Å². The Morgan fingerprint density at radius 2 is 1.84 bits per heavy atom. The standard InChI is InChI=1S/C33H26ClN3O/c1-20(32-36-33(38-37-32)25-4-2-6-27(34)17-25)22-10-12-28-24(16-22)11-14-30-29(28)13-9-21-7-8-23(18-31(21)30)26-5-3-15-35-19-26/h2-10,12-13,15,17-20,22H,11,14,16H2,1H3. The van der Waals surface area contributed by atoms with Crippen LogP contribution in [0.1, 0.15) is 42.6 Å². The van der Waals surface area contributed by atoms with Gasteiger partial charge in [-0.1, -0.05) is 77.8 Å². The summed E-state index contributed by atoms with van der Waals surface area (Å²) in [7, 11) is 0. The van der Waals surface area contributed by atoms with Gasteiger partial charge in [-0.3, -0.25) is 4.98 Å². The van der Waals surface area contributed by atoms with Crippen molar-refractivity contribution in [3.63, 3.8) is 0 Å². The van der Waals surface area contributed by atoms with Gasteiger partial charge in [-0.2, -0.15) is 4.98 Å². The van der Waals surface area contributed by atoms with Gasteiger partial charge < -0.3 is 4.52 Å². The van der Waals surface area contributed by atoms with E-state index < -0.39 is 0 Å². The minimum Gasteiger partial charge on any atom is -0.334 e. The van der Waals surface area contributed by atoms with E-state index in [1.54, 1.807) is 0 Å². The second-order valence-electron chi connectivity index (χ2n) is 10.3. The van der Waals surface area contributed by atoms with Crippen molar-refractivity contribution in [2.45, 2.75) is 32.1 Å². The van der Waals surface area contributed by atoms with Crippen LogP contribution >= 0.6 is 11.6 Å². The average Bonchev–Trinajstić information content (AvgIpc) is 3.47. The molecule has 38 heavy (non-hydrogen) atoms. The maximum Gasteiger partial charge on any atom is 0.257 e. The van der Waals surface area contributed by atoms with Gasteiger partial charge in [0.05, 0.1) is 0 Å². The molecule has 5 heteroatoms. The number of allylic oxidation sites excluding steroid dienone is 4. The van der Waals surface area contributed by atoms with Crippen LogP contribution in [0, 0.1) is 5.92 Å². The molecule has 0 spiro atoms. The number of rotatable bonds is 4. The largest absolute Gasteiger partial charge is 0.334 e. The lowest BCUT2D eigenvalue weighted by molar-refractivity contribution is 0.404. The van der Waals surface area contributed by atoms with Gasteiger partial charge in [0.1, 0.15) is 0 Å². The molecular weight excluding hydrogens is 490 g/mol. The number of halogens is 1. The summed E-state index contributed by atoms with van der Waals surface area (Å²) in [5.74, 6) is 1.73. The molecule has 4 nitrogen and oxygen atoms in total. The minimum absolute atomic E-state index is 0.150. The summed E-state index contributed by atoms with van der Waals surface area (Å²) >= 11 is 6.15. The molecule has 0 radical (unpaired) electrons. The first kappa shape index (κ1) is 23.1. The number of fused-ring (bicyclic) bond motifs is 4. The number of pyridine rings is 1. The van der Waals surface area contributed by atoms with E-state index in [2.05, 4.69) is 65.6 Å². The van der Waals surface area contributed by atoms with Gasteiger partial charge in [-0.05, 0) is 88.5 Å². The molecule has 7 rings (SSSR count). The molecular formula is C33H26ClN3O. The predicted molar refractivity (Wildman–Crippen MR) is 153 cm³/mol. The molecule has 3 aromatic carbocycles. The van der Waals surface area contributed by atoms with Gasteiger partial charge in [0.2, 0.25) is 0 Å². The van der Waals surface area contributed by atoms with Crippen molar-refractivity contribution < 1.29 is 4.52 Å². The van der Waals surface area contributed by atoms with E-state index in [0.29, 0.717) is 16.8 Å². The number of hydrogen-bond acceptors (Lipinski definition) is 4. The molecule has 0 amide bonds. The highest BCUT2D eigenvalue weighted by molar-refractivity contribution is 6.30. The number of benzene rings is 3. The second kappa shape index (κ2) is 9.38. The van der Waals surface area contributed by atoms with Crippen LogP contribution in [0.25, 0.3) is 38.9 Å². The first-order valence-corrected chi connectivity index (χ1v) is 13.5. The van der Waals surface area contributed by atoms with Crippen LogP contribution in [-0.4, -0.2) is 15.1 Å². The van der Waals surface area contributed by atoms with Crippen LogP contribution in [0.15, 0.2) is 101 Å². The highest BCUT2D eigenvalue weighted by Gasteiger charge is 2.29. The molecule has 2 aromatic heterocycles. The van der Waals surface area contributed by atoms with Gasteiger partial charge >= 0.3 is 0 Å². The summed E-state index contributed by atoms with van der Waals surface area (Å²) < 4.78 is 5.59. The monoisotopic (exact) mass is 515 g/mol. The van der Waals surface area contributed by atoms with E-state index in [1.165, 1.54) is 38.6 Å². The molecule has 2 heterocycles. The molecule has 2 aliphatic rings. The minimum atomic E-state index is 0.150. The molecule has 5 aromatic rings.